The lowest BCUT2D eigenvalue weighted by molar-refractivity contribution is -0.372. The molecule has 0 amide bonds. The Bertz CT molecular complexity index is 2490. The molecule has 5 saturated heterocycles. The first kappa shape index (κ1) is 67.6. The number of ether oxygens (including phenoxy) is 11. The molecule has 10 aliphatic rings. The summed E-state index contributed by atoms with van der Waals surface area (Å²) in [7, 11) is 0. The lowest BCUT2D eigenvalue weighted by Crippen LogP contribution is -2.70. The Morgan fingerprint density at radius 2 is 1.28 bits per heavy atom. The molecule has 0 radical (unpaired) electrons. The van der Waals surface area contributed by atoms with Crippen molar-refractivity contribution in [3.63, 3.8) is 0 Å². The van der Waals surface area contributed by atoms with Crippen molar-refractivity contribution in [1.82, 2.24) is 0 Å². The molecular formula is C59H94O28. The third kappa shape index (κ3) is 11.2. The van der Waals surface area contributed by atoms with Crippen molar-refractivity contribution < 1.29 is 138 Å². The van der Waals surface area contributed by atoms with E-state index in [0.29, 0.717) is 32.1 Å². The number of allylic oxidation sites excluding steroid dienone is 2. The van der Waals surface area contributed by atoms with Crippen LogP contribution >= 0.6 is 0 Å². The Balaban J connectivity index is 0.880. The van der Waals surface area contributed by atoms with E-state index in [2.05, 4.69) is 40.7 Å². The maximum absolute atomic E-state index is 15.6. The Morgan fingerprint density at radius 1 is 0.609 bits per heavy atom. The number of esters is 2. The molecule has 498 valence electrons. The van der Waals surface area contributed by atoms with Crippen LogP contribution in [-0.2, 0) is 61.7 Å². The van der Waals surface area contributed by atoms with Crippen LogP contribution in [0.3, 0.4) is 0 Å². The second-order valence-corrected chi connectivity index (χ2v) is 28.6. The molecule has 5 aliphatic carbocycles. The minimum absolute atomic E-state index is 0.108. The third-order valence-corrected chi connectivity index (χ3v) is 22.8. The van der Waals surface area contributed by atoms with E-state index in [4.69, 9.17) is 52.1 Å². The molecule has 4 saturated carbocycles. The minimum atomic E-state index is -2.09. The summed E-state index contributed by atoms with van der Waals surface area (Å²) in [5.74, 6) is -2.84. The Labute approximate surface area is 504 Å². The van der Waals surface area contributed by atoms with Gasteiger partial charge in [0.15, 0.2) is 37.4 Å². The number of hydrogen-bond acceptors (Lipinski definition) is 28. The summed E-state index contributed by atoms with van der Waals surface area (Å²) in [5, 5.41) is 166. The molecule has 15 N–H and O–H groups in total. The second kappa shape index (κ2) is 24.6. The van der Waals surface area contributed by atoms with Gasteiger partial charge in [0.05, 0.1) is 64.1 Å². The standard InChI is InChI=1S/C59H94O28/c1-24-41(83-47-40(73)42(30(66)20-77-47)84-51-45(74)58(76,22-62)23-79-51)39(72)44(81-25(2)63)50(80-24)85-43-35(68)29(65)19-78-49(43)87-52(75)59-14-13-53(3,4)15-27(59)26-9-10-33-54(5)16-28(64)46(86-48-38(71)37(70)36(69)31(18-60)82-48)55(6,21-61)32(54)11-12-56(33,7)57(26,8)17-34(59)67/h9,24,27-51,60-62,64-74,76H,10-23H2,1-8H3/t24-,27-,28-,29-,30+,31+,32+,33+,34+,35-,36+,37-,38+,39+,40+,41-,42-,43+,44+,45-,46-,47-,48-,49-,50-,51-,54-,55+,56+,57+,58+,59+/m0/s1. The minimum Gasteiger partial charge on any atom is -0.454 e. The normalized spacial score (nSPS) is 54.0. The average Bonchev–Trinajstić information content (AvgIpc) is 0.950. The number of hydrogen-bond donors (Lipinski definition) is 15. The highest BCUT2D eigenvalue weighted by Gasteiger charge is 2.73. The summed E-state index contributed by atoms with van der Waals surface area (Å²) in [6.07, 6.45) is -31.6. The van der Waals surface area contributed by atoms with E-state index >= 15 is 4.79 Å². The monoisotopic (exact) mass is 1250 g/mol. The number of aliphatic hydroxyl groups excluding tert-OH is 14. The molecule has 0 aromatic carbocycles. The third-order valence-electron chi connectivity index (χ3n) is 22.8. The van der Waals surface area contributed by atoms with Crippen LogP contribution in [0.25, 0.3) is 0 Å². The fraction of sp³-hybridized carbons (Fsp3) is 0.932. The van der Waals surface area contributed by atoms with Crippen molar-refractivity contribution >= 4 is 11.9 Å². The van der Waals surface area contributed by atoms with Gasteiger partial charge in [0.1, 0.15) is 84.3 Å². The van der Waals surface area contributed by atoms with E-state index < -0.39 is 231 Å². The Hall–Kier alpha value is -2.28. The first-order valence-corrected chi connectivity index (χ1v) is 30.6. The summed E-state index contributed by atoms with van der Waals surface area (Å²) in [5.41, 5.74) is -6.18. The molecule has 5 aliphatic heterocycles. The molecule has 9 fully saturated rings. The quantitative estimate of drug-likeness (QED) is 0.0451. The lowest BCUT2D eigenvalue weighted by atomic mass is 9.33. The molecule has 28 nitrogen and oxygen atoms in total. The number of carbonyl (C=O) groups excluding carboxylic acids is 2. The Kier molecular flexibility index (Phi) is 19.1. The molecular weight excluding hydrogens is 1160 g/mol. The summed E-state index contributed by atoms with van der Waals surface area (Å²) < 4.78 is 64.9. The van der Waals surface area contributed by atoms with Gasteiger partial charge in [-0.2, -0.15) is 0 Å². The smallest absolute Gasteiger partial charge is 0.317 e. The molecule has 28 heteroatoms. The maximum atomic E-state index is 15.6. The molecule has 0 unspecified atom stereocenters. The van der Waals surface area contributed by atoms with Gasteiger partial charge >= 0.3 is 11.9 Å². The first-order valence-electron chi connectivity index (χ1n) is 30.6. The van der Waals surface area contributed by atoms with Crippen LogP contribution in [0.4, 0.5) is 0 Å². The molecule has 87 heavy (non-hydrogen) atoms. The van der Waals surface area contributed by atoms with Gasteiger partial charge in [-0.05, 0) is 97.7 Å². The molecule has 0 bridgehead atoms. The van der Waals surface area contributed by atoms with Crippen molar-refractivity contribution in [2.45, 2.75) is 254 Å². The topological polar surface area (TPSA) is 439 Å². The molecule has 32 atom stereocenters. The van der Waals surface area contributed by atoms with Crippen LogP contribution < -0.4 is 0 Å². The SMILES string of the molecule is CC(=O)O[C@H]1[C@H](O[C@H]2[C@H](OC(=O)[C@]34CCC(C)(C)C[C@H]3C3=CC[C@@H]5[C@@]6(C)C[C@H](O)[C@H](O[C@@H]7O[C@H](CO)[C@@H](O)[C@H](O)[C@H]7O)[C@](C)(CO)[C@@H]6CC[C@@]5(C)[C@]3(C)C[C@H]4O)OC[C@H](O)[C@@H]2O)O[C@@H](C)[C@H](O[C@@H]2OC[C@@H](O)[C@H](O[C@@H]3OC[C@](O)(CO)[C@H]3O)[C@H]2O)[C@H]1O. The highest BCUT2D eigenvalue weighted by Crippen LogP contribution is 2.76. The molecule has 0 aromatic heterocycles. The van der Waals surface area contributed by atoms with Gasteiger partial charge in [-0.1, -0.05) is 53.2 Å². The van der Waals surface area contributed by atoms with Crippen LogP contribution in [0, 0.1) is 50.2 Å². The second-order valence-electron chi connectivity index (χ2n) is 28.6. The van der Waals surface area contributed by atoms with Crippen LogP contribution in [0.1, 0.15) is 107 Å². The van der Waals surface area contributed by atoms with E-state index in [-0.39, 0.29) is 36.5 Å². The predicted molar refractivity (Wildman–Crippen MR) is 290 cm³/mol. The van der Waals surface area contributed by atoms with Gasteiger partial charge in [0.25, 0.3) is 0 Å². The van der Waals surface area contributed by atoms with E-state index in [0.717, 1.165) is 12.5 Å². The molecule has 10 rings (SSSR count). The number of aliphatic hydroxyl groups is 15. The van der Waals surface area contributed by atoms with Crippen LogP contribution in [0.15, 0.2) is 11.6 Å². The van der Waals surface area contributed by atoms with Gasteiger partial charge < -0.3 is 129 Å². The zero-order valence-electron chi connectivity index (χ0n) is 50.5. The molecule has 0 aromatic rings. The van der Waals surface area contributed by atoms with Crippen molar-refractivity contribution in [3.05, 3.63) is 11.6 Å². The van der Waals surface area contributed by atoms with Crippen molar-refractivity contribution in [2.24, 2.45) is 50.2 Å². The van der Waals surface area contributed by atoms with Gasteiger partial charge in [-0.3, -0.25) is 9.59 Å². The molecule has 0 spiro atoms. The number of rotatable bonds is 14. The lowest BCUT2D eigenvalue weighted by Gasteiger charge is -2.72. The zero-order chi connectivity index (χ0) is 63.6. The van der Waals surface area contributed by atoms with Crippen LogP contribution in [0.5, 0.6) is 0 Å². The number of carbonyl (C=O) groups is 2. The van der Waals surface area contributed by atoms with Crippen LogP contribution in [-0.4, -0.2) is 275 Å². The summed E-state index contributed by atoms with van der Waals surface area (Å²) >= 11 is 0. The first-order chi connectivity index (χ1) is 40.7. The van der Waals surface area contributed by atoms with Crippen molar-refractivity contribution in [3.8, 4) is 0 Å². The Morgan fingerprint density at radius 3 is 1.93 bits per heavy atom. The van der Waals surface area contributed by atoms with Crippen LogP contribution in [0.2, 0.25) is 0 Å². The summed E-state index contributed by atoms with van der Waals surface area (Å²) in [6.45, 7) is 11.3. The fourth-order valence-electron chi connectivity index (χ4n) is 17.7. The average molecular weight is 1250 g/mol. The maximum Gasteiger partial charge on any atom is 0.317 e. The highest BCUT2D eigenvalue weighted by atomic mass is 16.8. The van der Waals surface area contributed by atoms with E-state index in [1.807, 2.05) is 6.92 Å². The van der Waals surface area contributed by atoms with Crippen molar-refractivity contribution in [1.29, 1.82) is 0 Å². The van der Waals surface area contributed by atoms with Gasteiger partial charge in [-0.15, -0.1) is 0 Å². The fourth-order valence-corrected chi connectivity index (χ4v) is 17.7. The largest absolute Gasteiger partial charge is 0.454 e. The van der Waals surface area contributed by atoms with Gasteiger partial charge in [0, 0.05) is 12.3 Å². The summed E-state index contributed by atoms with van der Waals surface area (Å²) in [4.78, 5) is 28.3. The van der Waals surface area contributed by atoms with Crippen molar-refractivity contribution in [2.75, 3.05) is 39.6 Å². The highest BCUT2D eigenvalue weighted by molar-refractivity contribution is 5.80. The molecule has 5 heterocycles. The van der Waals surface area contributed by atoms with Gasteiger partial charge in [-0.25, -0.2) is 0 Å². The van der Waals surface area contributed by atoms with E-state index in [1.54, 1.807) is 0 Å². The van der Waals surface area contributed by atoms with E-state index in [9.17, 15) is 81.4 Å². The van der Waals surface area contributed by atoms with E-state index in [1.165, 1.54) is 6.92 Å². The summed E-state index contributed by atoms with van der Waals surface area (Å²) in [6, 6.07) is 0. The number of fused-ring (bicyclic) bond motifs is 7. The van der Waals surface area contributed by atoms with Gasteiger partial charge in [0.2, 0.25) is 6.29 Å². The predicted octanol–water partition coefficient (Wildman–Crippen LogP) is -3.78. The zero-order valence-corrected chi connectivity index (χ0v) is 50.5.